The number of benzene rings is 2. The Bertz CT molecular complexity index is 1340. The summed E-state index contributed by atoms with van der Waals surface area (Å²) in [5.74, 6) is -0.151. The number of thiazole rings is 1. The van der Waals surface area contributed by atoms with Crippen LogP contribution in [0.2, 0.25) is 0 Å². The molecular weight excluding hydrogens is 458 g/mol. The van der Waals surface area contributed by atoms with Crippen LogP contribution in [0.3, 0.4) is 0 Å². The topological polar surface area (TPSA) is 104 Å². The summed E-state index contributed by atoms with van der Waals surface area (Å²) in [6, 6.07) is 16.2. The Labute approximate surface area is 196 Å². The Hall–Kier alpha value is -3.08. The standard InChI is InChI=1S/C23H23N5O3S2/c1-15(24-21-17-9-5-6-10-20(17)33(30,31)27-21)22(29)26-23-25-18-11-12-28(14-19(18)32-23)13-16-7-3-2-4-8-16/h2-10,15H,11-14H2,1H3,(H,24,27)(H,25,26,29)/t15-/m0/s1. The first kappa shape index (κ1) is 21.7. The van der Waals surface area contributed by atoms with E-state index in [1.54, 1.807) is 25.1 Å². The van der Waals surface area contributed by atoms with Crippen molar-refractivity contribution in [1.82, 2.24) is 14.6 Å². The van der Waals surface area contributed by atoms with Crippen molar-refractivity contribution in [1.29, 1.82) is 0 Å². The summed E-state index contributed by atoms with van der Waals surface area (Å²) in [6.07, 6.45) is 0.838. The van der Waals surface area contributed by atoms with Crippen LogP contribution in [0.15, 0.2) is 64.5 Å². The number of carbonyl (C=O) groups excluding carboxylic acids is 1. The smallest absolute Gasteiger partial charge is 0.263 e. The van der Waals surface area contributed by atoms with Gasteiger partial charge < -0.3 is 5.32 Å². The third kappa shape index (κ3) is 4.54. The van der Waals surface area contributed by atoms with Gasteiger partial charge in [-0.3, -0.25) is 19.4 Å². The molecule has 1 atom stereocenters. The van der Waals surface area contributed by atoms with Crippen molar-refractivity contribution < 1.29 is 13.2 Å². The molecule has 2 aliphatic rings. The van der Waals surface area contributed by atoms with Gasteiger partial charge in [-0.15, -0.1) is 11.3 Å². The van der Waals surface area contributed by atoms with Gasteiger partial charge in [0.1, 0.15) is 11.9 Å². The minimum absolute atomic E-state index is 0.170. The van der Waals surface area contributed by atoms with Crippen LogP contribution in [0.5, 0.6) is 0 Å². The van der Waals surface area contributed by atoms with Gasteiger partial charge in [-0.05, 0) is 24.6 Å². The first-order chi connectivity index (χ1) is 15.9. The molecule has 3 heterocycles. The molecule has 2 N–H and O–H groups in total. The number of rotatable bonds is 5. The van der Waals surface area contributed by atoms with Crippen molar-refractivity contribution in [3.8, 4) is 0 Å². The van der Waals surface area contributed by atoms with Crippen molar-refractivity contribution in [2.75, 3.05) is 11.9 Å². The fraction of sp³-hybridized carbons (Fsp3) is 0.261. The molecule has 2 aromatic carbocycles. The Morgan fingerprint density at radius 2 is 1.97 bits per heavy atom. The number of sulfonamides is 1. The molecule has 10 heteroatoms. The highest BCUT2D eigenvalue weighted by Gasteiger charge is 2.31. The molecule has 0 aliphatic carbocycles. The second kappa shape index (κ2) is 8.69. The first-order valence-electron chi connectivity index (χ1n) is 10.6. The second-order valence-corrected chi connectivity index (χ2v) is 10.8. The summed E-state index contributed by atoms with van der Waals surface area (Å²) in [5.41, 5.74) is 2.77. The highest BCUT2D eigenvalue weighted by Crippen LogP contribution is 2.29. The van der Waals surface area contributed by atoms with E-state index in [1.807, 2.05) is 18.2 Å². The molecule has 2 aliphatic heterocycles. The first-order valence-corrected chi connectivity index (χ1v) is 12.9. The maximum atomic E-state index is 12.8. The molecule has 0 unspecified atom stereocenters. The predicted molar refractivity (Wildman–Crippen MR) is 128 cm³/mol. The van der Waals surface area contributed by atoms with Crippen molar-refractivity contribution >= 4 is 38.2 Å². The number of aromatic nitrogens is 1. The minimum Gasteiger partial charge on any atom is -0.300 e. The quantitative estimate of drug-likeness (QED) is 0.583. The highest BCUT2D eigenvalue weighted by atomic mass is 32.2. The van der Waals surface area contributed by atoms with E-state index < -0.39 is 16.1 Å². The monoisotopic (exact) mass is 481 g/mol. The van der Waals surface area contributed by atoms with E-state index >= 15 is 0 Å². The van der Waals surface area contributed by atoms with Crippen LogP contribution in [-0.4, -0.2) is 42.6 Å². The summed E-state index contributed by atoms with van der Waals surface area (Å²) in [6.45, 7) is 4.23. The lowest BCUT2D eigenvalue weighted by molar-refractivity contribution is -0.117. The Kier molecular flexibility index (Phi) is 5.73. The van der Waals surface area contributed by atoms with E-state index in [1.165, 1.54) is 23.0 Å². The fourth-order valence-corrected chi connectivity index (χ4v) is 6.26. The number of hydrogen-bond acceptors (Lipinski definition) is 7. The normalized spacial score (nSPS) is 18.9. The van der Waals surface area contributed by atoms with Crippen molar-refractivity contribution in [3.05, 3.63) is 76.3 Å². The van der Waals surface area contributed by atoms with Gasteiger partial charge in [-0.25, -0.2) is 13.4 Å². The van der Waals surface area contributed by atoms with Crippen LogP contribution < -0.4 is 10.0 Å². The molecule has 8 nitrogen and oxygen atoms in total. The van der Waals surface area contributed by atoms with Crippen LogP contribution in [0.4, 0.5) is 5.13 Å². The fourth-order valence-electron chi connectivity index (χ4n) is 3.97. The zero-order valence-electron chi connectivity index (χ0n) is 18.0. The number of anilines is 1. The molecular formula is C23H23N5O3S2. The number of aliphatic imine (C=N–C) groups is 1. The lowest BCUT2D eigenvalue weighted by atomic mass is 10.1. The molecule has 0 bridgehead atoms. The van der Waals surface area contributed by atoms with E-state index in [9.17, 15) is 13.2 Å². The van der Waals surface area contributed by atoms with Gasteiger partial charge in [0.05, 0.1) is 10.6 Å². The van der Waals surface area contributed by atoms with Gasteiger partial charge in [-0.1, -0.05) is 42.5 Å². The third-order valence-electron chi connectivity index (χ3n) is 5.65. The predicted octanol–water partition coefficient (Wildman–Crippen LogP) is 2.77. The highest BCUT2D eigenvalue weighted by molar-refractivity contribution is 7.90. The molecule has 5 rings (SSSR count). The van der Waals surface area contributed by atoms with E-state index in [4.69, 9.17) is 0 Å². The Balaban J connectivity index is 1.26. The average molecular weight is 482 g/mol. The maximum absolute atomic E-state index is 12.8. The summed E-state index contributed by atoms with van der Waals surface area (Å²) < 4.78 is 26.9. The van der Waals surface area contributed by atoms with Gasteiger partial charge in [0.15, 0.2) is 5.13 Å². The molecule has 170 valence electrons. The largest absolute Gasteiger partial charge is 0.300 e. The minimum atomic E-state index is -3.64. The summed E-state index contributed by atoms with van der Waals surface area (Å²) in [5, 5.41) is 3.39. The van der Waals surface area contributed by atoms with Crippen LogP contribution in [0.25, 0.3) is 0 Å². The van der Waals surface area contributed by atoms with Crippen molar-refractivity contribution in [3.63, 3.8) is 0 Å². The zero-order valence-corrected chi connectivity index (χ0v) is 19.6. The number of fused-ring (bicyclic) bond motifs is 2. The number of nitrogens with one attached hydrogen (secondary N) is 2. The van der Waals surface area contributed by atoms with Crippen LogP contribution in [0, 0.1) is 0 Å². The summed E-state index contributed by atoms with van der Waals surface area (Å²) in [7, 11) is -3.64. The van der Waals surface area contributed by atoms with Gasteiger partial charge >= 0.3 is 0 Å². The number of amidine groups is 1. The van der Waals surface area contributed by atoms with Gasteiger partial charge in [0.25, 0.3) is 15.9 Å². The molecule has 0 radical (unpaired) electrons. The van der Waals surface area contributed by atoms with Gasteiger partial charge in [0, 0.05) is 36.5 Å². The molecule has 33 heavy (non-hydrogen) atoms. The van der Waals surface area contributed by atoms with Crippen LogP contribution in [-0.2, 0) is 34.3 Å². The van der Waals surface area contributed by atoms with E-state index in [0.29, 0.717) is 10.7 Å². The molecule has 0 spiro atoms. The van der Waals surface area contributed by atoms with E-state index in [2.05, 4.69) is 37.0 Å². The van der Waals surface area contributed by atoms with Gasteiger partial charge in [-0.2, -0.15) is 0 Å². The Morgan fingerprint density at radius 3 is 2.79 bits per heavy atom. The van der Waals surface area contributed by atoms with Crippen molar-refractivity contribution in [2.24, 2.45) is 4.99 Å². The molecule has 0 fully saturated rings. The molecule has 0 saturated heterocycles. The van der Waals surface area contributed by atoms with E-state index in [0.717, 1.165) is 36.6 Å². The van der Waals surface area contributed by atoms with Gasteiger partial charge in [0.2, 0.25) is 0 Å². The number of hydrogen-bond donors (Lipinski definition) is 2. The third-order valence-corrected chi connectivity index (χ3v) is 8.05. The SMILES string of the molecule is C[C@H](N=C1NS(=O)(=O)c2ccccc21)C(=O)Nc1nc2c(s1)CN(Cc1ccccc1)CC2. The van der Waals surface area contributed by atoms with Crippen LogP contribution in [0.1, 0.15) is 28.6 Å². The lowest BCUT2D eigenvalue weighted by Gasteiger charge is -2.25. The second-order valence-electron chi connectivity index (χ2n) is 8.08. The van der Waals surface area contributed by atoms with E-state index in [-0.39, 0.29) is 16.6 Å². The molecule has 0 saturated carbocycles. The number of nitrogens with zero attached hydrogens (tertiary/aromatic N) is 3. The van der Waals surface area contributed by atoms with Crippen LogP contribution >= 0.6 is 11.3 Å². The summed E-state index contributed by atoms with van der Waals surface area (Å²) >= 11 is 1.48. The molecule has 1 amide bonds. The Morgan fingerprint density at radius 1 is 1.21 bits per heavy atom. The zero-order chi connectivity index (χ0) is 23.0. The maximum Gasteiger partial charge on any atom is 0.263 e. The van der Waals surface area contributed by atoms with Crippen molar-refractivity contribution in [2.45, 2.75) is 37.4 Å². The number of carbonyl (C=O) groups is 1. The molecule has 1 aromatic heterocycles. The average Bonchev–Trinajstić information content (AvgIpc) is 3.31. The summed E-state index contributed by atoms with van der Waals surface area (Å²) in [4.78, 5) is 25.4. The molecule has 3 aromatic rings. The number of amides is 1. The lowest BCUT2D eigenvalue weighted by Crippen LogP contribution is -2.29.